The van der Waals surface area contributed by atoms with Crippen LogP contribution >= 0.6 is 23.1 Å². The maximum atomic E-state index is 12.0. The molecule has 1 aliphatic rings. The molecule has 0 atom stereocenters. The molecule has 0 bridgehead atoms. The van der Waals surface area contributed by atoms with E-state index in [1.807, 2.05) is 27.7 Å². The van der Waals surface area contributed by atoms with E-state index in [4.69, 9.17) is 0 Å². The predicted molar refractivity (Wildman–Crippen MR) is 89.3 cm³/mol. The predicted octanol–water partition coefficient (Wildman–Crippen LogP) is 2.45. The number of thioether (sulfide) groups is 1. The Morgan fingerprint density at radius 1 is 1.36 bits per heavy atom. The highest BCUT2D eigenvalue weighted by Crippen LogP contribution is 2.36. The van der Waals surface area contributed by atoms with Crippen molar-refractivity contribution in [1.82, 2.24) is 15.5 Å². The van der Waals surface area contributed by atoms with Crippen LogP contribution in [0.2, 0.25) is 0 Å². The molecular weight excluding hydrogens is 320 g/mol. The molecule has 0 radical (unpaired) electrons. The van der Waals surface area contributed by atoms with Crippen LogP contribution in [0.3, 0.4) is 0 Å². The van der Waals surface area contributed by atoms with Crippen LogP contribution in [0, 0.1) is 0 Å². The molecule has 8 heteroatoms. The van der Waals surface area contributed by atoms with Crippen molar-refractivity contribution in [2.24, 2.45) is 0 Å². The van der Waals surface area contributed by atoms with Crippen molar-refractivity contribution in [2.45, 2.75) is 62.9 Å². The van der Waals surface area contributed by atoms with Crippen LogP contribution in [-0.2, 0) is 9.59 Å². The molecule has 2 rings (SSSR count). The van der Waals surface area contributed by atoms with E-state index in [9.17, 15) is 9.59 Å². The van der Waals surface area contributed by atoms with Crippen molar-refractivity contribution < 1.29 is 9.59 Å². The Bertz CT molecular complexity index is 549. The van der Waals surface area contributed by atoms with Gasteiger partial charge in [-0.15, -0.1) is 10.2 Å². The number of anilines is 1. The van der Waals surface area contributed by atoms with Gasteiger partial charge in [-0.3, -0.25) is 14.5 Å². The summed E-state index contributed by atoms with van der Waals surface area (Å²) in [7, 11) is 0. The van der Waals surface area contributed by atoms with E-state index in [1.165, 1.54) is 23.1 Å². The molecule has 6 nitrogen and oxygen atoms in total. The fourth-order valence-electron chi connectivity index (χ4n) is 1.91. The second-order valence-corrected chi connectivity index (χ2v) is 8.46. The Morgan fingerprint density at radius 3 is 2.59 bits per heavy atom. The molecule has 0 saturated heterocycles. The number of nitrogens with zero attached hydrogens (tertiary/aromatic N) is 3. The van der Waals surface area contributed by atoms with Gasteiger partial charge in [0.2, 0.25) is 16.9 Å². The fraction of sp³-hybridized carbons (Fsp3) is 0.714. The molecule has 1 heterocycles. The van der Waals surface area contributed by atoms with E-state index in [-0.39, 0.29) is 23.4 Å². The first-order valence-electron chi connectivity index (χ1n) is 7.39. The second kappa shape index (κ2) is 6.95. The number of nitrogens with one attached hydrogen (secondary N) is 1. The van der Waals surface area contributed by atoms with Gasteiger partial charge in [-0.2, -0.15) is 0 Å². The van der Waals surface area contributed by atoms with Gasteiger partial charge in [0.1, 0.15) is 0 Å². The average Bonchev–Trinajstić information content (AvgIpc) is 3.13. The highest BCUT2D eigenvalue weighted by atomic mass is 32.2. The van der Waals surface area contributed by atoms with E-state index >= 15 is 0 Å². The van der Waals surface area contributed by atoms with Crippen molar-refractivity contribution in [3.8, 4) is 0 Å². The van der Waals surface area contributed by atoms with Gasteiger partial charge in [-0.05, 0) is 33.6 Å². The average molecular weight is 342 g/mol. The van der Waals surface area contributed by atoms with Crippen LogP contribution in [0.4, 0.5) is 5.13 Å². The van der Waals surface area contributed by atoms with E-state index in [0.29, 0.717) is 21.6 Å². The van der Waals surface area contributed by atoms with Crippen LogP contribution in [0.1, 0.15) is 47.0 Å². The third kappa shape index (κ3) is 4.95. The molecule has 1 fully saturated rings. The van der Waals surface area contributed by atoms with Gasteiger partial charge in [0.25, 0.3) is 0 Å². The summed E-state index contributed by atoms with van der Waals surface area (Å²) in [6.45, 7) is 7.69. The molecule has 122 valence electrons. The standard InChI is InChI=1S/C14H22N4O2S2/c1-5-11(20)18(9-6-7-9)12-16-17-13(22-12)21-8-10(19)15-14(2,3)4/h9H,5-8H2,1-4H3,(H,15,19). The Morgan fingerprint density at radius 2 is 2.05 bits per heavy atom. The van der Waals surface area contributed by atoms with Gasteiger partial charge in [-0.25, -0.2) is 0 Å². The number of carbonyl (C=O) groups is 2. The first-order valence-corrected chi connectivity index (χ1v) is 9.19. The maximum Gasteiger partial charge on any atom is 0.230 e. The third-order valence-corrected chi connectivity index (χ3v) is 4.98. The Hall–Kier alpha value is -1.15. The summed E-state index contributed by atoms with van der Waals surface area (Å²) in [6, 6.07) is 0.280. The molecular formula is C14H22N4O2S2. The molecule has 2 amide bonds. The Kier molecular flexibility index (Phi) is 5.44. The summed E-state index contributed by atoms with van der Waals surface area (Å²) in [5.74, 6) is 0.357. The zero-order valence-electron chi connectivity index (χ0n) is 13.4. The van der Waals surface area contributed by atoms with E-state index in [1.54, 1.807) is 4.90 Å². The summed E-state index contributed by atoms with van der Waals surface area (Å²) in [5, 5.41) is 11.8. The SMILES string of the molecule is CCC(=O)N(c1nnc(SCC(=O)NC(C)(C)C)s1)C1CC1. The van der Waals surface area contributed by atoms with Crippen LogP contribution in [-0.4, -0.2) is 39.3 Å². The van der Waals surface area contributed by atoms with Gasteiger partial charge in [0, 0.05) is 18.0 Å². The highest BCUT2D eigenvalue weighted by molar-refractivity contribution is 8.01. The quantitative estimate of drug-likeness (QED) is 0.635. The minimum absolute atomic E-state index is 0.0297. The van der Waals surface area contributed by atoms with Crippen LogP contribution in [0.25, 0.3) is 0 Å². The van der Waals surface area contributed by atoms with Gasteiger partial charge in [0.15, 0.2) is 4.34 Å². The zero-order valence-corrected chi connectivity index (χ0v) is 15.0. The molecule has 0 spiro atoms. The summed E-state index contributed by atoms with van der Waals surface area (Å²) in [6.07, 6.45) is 2.52. The van der Waals surface area contributed by atoms with Crippen LogP contribution in [0.5, 0.6) is 0 Å². The van der Waals surface area contributed by atoms with Crippen molar-refractivity contribution in [3.63, 3.8) is 0 Å². The summed E-state index contributed by atoms with van der Waals surface area (Å²) < 4.78 is 0.716. The molecule has 0 unspecified atom stereocenters. The van der Waals surface area contributed by atoms with Crippen molar-refractivity contribution in [2.75, 3.05) is 10.7 Å². The topological polar surface area (TPSA) is 75.2 Å². The van der Waals surface area contributed by atoms with Gasteiger partial charge < -0.3 is 5.32 Å². The Balaban J connectivity index is 1.93. The lowest BCUT2D eigenvalue weighted by Crippen LogP contribution is -2.41. The molecule has 1 aromatic rings. The van der Waals surface area contributed by atoms with E-state index in [0.717, 1.165) is 12.8 Å². The highest BCUT2D eigenvalue weighted by Gasteiger charge is 2.35. The smallest absolute Gasteiger partial charge is 0.230 e. The number of rotatable bonds is 6. The monoisotopic (exact) mass is 342 g/mol. The zero-order chi connectivity index (χ0) is 16.3. The minimum Gasteiger partial charge on any atom is -0.351 e. The number of amides is 2. The molecule has 0 aromatic carbocycles. The van der Waals surface area contributed by atoms with Gasteiger partial charge >= 0.3 is 0 Å². The van der Waals surface area contributed by atoms with Gasteiger partial charge in [0.05, 0.1) is 5.75 Å². The molecule has 1 aromatic heterocycles. The van der Waals surface area contributed by atoms with Crippen molar-refractivity contribution >= 4 is 40.0 Å². The second-order valence-electron chi connectivity index (χ2n) is 6.29. The molecule has 1 saturated carbocycles. The molecule has 22 heavy (non-hydrogen) atoms. The first kappa shape index (κ1) is 17.2. The summed E-state index contributed by atoms with van der Waals surface area (Å²) >= 11 is 2.73. The lowest BCUT2D eigenvalue weighted by atomic mass is 10.1. The van der Waals surface area contributed by atoms with Crippen LogP contribution in [0.15, 0.2) is 4.34 Å². The minimum atomic E-state index is -0.236. The largest absolute Gasteiger partial charge is 0.351 e. The first-order chi connectivity index (χ1) is 10.3. The number of carbonyl (C=O) groups excluding carboxylic acids is 2. The normalized spacial score (nSPS) is 14.7. The number of hydrogen-bond acceptors (Lipinski definition) is 6. The van der Waals surface area contributed by atoms with Gasteiger partial charge in [-0.1, -0.05) is 30.0 Å². The summed E-state index contributed by atoms with van der Waals surface area (Å²) in [4.78, 5) is 25.6. The third-order valence-electron chi connectivity index (χ3n) is 2.93. The van der Waals surface area contributed by atoms with Crippen LogP contribution < -0.4 is 10.2 Å². The molecule has 1 aliphatic carbocycles. The fourth-order valence-corrected chi connectivity index (χ4v) is 3.64. The van der Waals surface area contributed by atoms with E-state index in [2.05, 4.69) is 15.5 Å². The Labute approximate surface area is 139 Å². The number of aromatic nitrogens is 2. The number of hydrogen-bond donors (Lipinski definition) is 1. The summed E-state index contributed by atoms with van der Waals surface area (Å²) in [5.41, 5.74) is -0.236. The lowest BCUT2D eigenvalue weighted by Gasteiger charge is -2.20. The lowest BCUT2D eigenvalue weighted by molar-refractivity contribution is -0.120. The maximum absolute atomic E-state index is 12.0. The van der Waals surface area contributed by atoms with E-state index < -0.39 is 0 Å². The van der Waals surface area contributed by atoms with Crippen molar-refractivity contribution in [3.05, 3.63) is 0 Å². The van der Waals surface area contributed by atoms with Crippen molar-refractivity contribution in [1.29, 1.82) is 0 Å². The molecule has 1 N–H and O–H groups in total. The molecule has 0 aliphatic heterocycles.